The number of allylic oxidation sites excluding steroid dienone is 1. The highest BCUT2D eigenvalue weighted by atomic mass is 32.2. The first kappa shape index (κ1) is 26.4. The van der Waals surface area contributed by atoms with E-state index in [1.807, 2.05) is 55.5 Å². The van der Waals surface area contributed by atoms with E-state index in [9.17, 15) is 9.59 Å². The molecule has 39 heavy (non-hydrogen) atoms. The highest BCUT2D eigenvalue weighted by molar-refractivity contribution is 8.13. The van der Waals surface area contributed by atoms with Gasteiger partial charge in [-0.1, -0.05) is 48.2 Å². The summed E-state index contributed by atoms with van der Waals surface area (Å²) in [6, 6.07) is 21.7. The summed E-state index contributed by atoms with van der Waals surface area (Å²) in [5, 5.41) is 6.92. The summed E-state index contributed by atoms with van der Waals surface area (Å²) in [4.78, 5) is 33.9. The van der Waals surface area contributed by atoms with Crippen molar-refractivity contribution in [1.29, 1.82) is 0 Å². The quantitative estimate of drug-likeness (QED) is 0.397. The monoisotopic (exact) mass is 542 g/mol. The fraction of sp³-hybridized carbons (Fsp3) is 0.233. The molecule has 9 heteroatoms. The normalized spacial score (nSPS) is 16.6. The number of nitrogens with one attached hydrogen (secondary N) is 2. The molecule has 1 fully saturated rings. The van der Waals surface area contributed by atoms with Crippen LogP contribution in [-0.4, -0.2) is 48.4 Å². The molecule has 2 aliphatic rings. The van der Waals surface area contributed by atoms with Crippen LogP contribution in [-0.2, 0) is 4.79 Å². The SMILES string of the molecule is COc1ccccc1NC(=O)C1=C(C)N=C2SCCCN2C1c1cccc(NC(=O)c2ccccc2OC)c1. The molecule has 1 saturated heterocycles. The van der Waals surface area contributed by atoms with Gasteiger partial charge in [-0.3, -0.25) is 9.59 Å². The zero-order valence-electron chi connectivity index (χ0n) is 22.1. The molecule has 2 N–H and O–H groups in total. The summed E-state index contributed by atoms with van der Waals surface area (Å²) >= 11 is 1.70. The number of hydrogen-bond donors (Lipinski definition) is 2. The van der Waals surface area contributed by atoms with Crippen LogP contribution in [0.25, 0.3) is 0 Å². The van der Waals surface area contributed by atoms with Crippen molar-refractivity contribution in [3.05, 3.63) is 95.2 Å². The van der Waals surface area contributed by atoms with Gasteiger partial charge in [0.25, 0.3) is 11.8 Å². The molecule has 2 aliphatic heterocycles. The Morgan fingerprint density at radius 1 is 0.923 bits per heavy atom. The van der Waals surface area contributed by atoms with Crippen LogP contribution < -0.4 is 20.1 Å². The van der Waals surface area contributed by atoms with Crippen molar-refractivity contribution in [2.75, 3.05) is 37.2 Å². The lowest BCUT2D eigenvalue weighted by atomic mass is 9.93. The van der Waals surface area contributed by atoms with Crippen LogP contribution in [0.1, 0.15) is 35.3 Å². The number of hydrogen-bond acceptors (Lipinski definition) is 7. The van der Waals surface area contributed by atoms with Crippen molar-refractivity contribution in [3.8, 4) is 11.5 Å². The van der Waals surface area contributed by atoms with E-state index in [1.165, 1.54) is 7.11 Å². The second-order valence-electron chi connectivity index (χ2n) is 9.13. The van der Waals surface area contributed by atoms with Crippen LogP contribution in [0.5, 0.6) is 11.5 Å². The third-order valence-corrected chi connectivity index (χ3v) is 7.75. The molecule has 0 bridgehead atoms. The minimum absolute atomic E-state index is 0.246. The van der Waals surface area contributed by atoms with E-state index < -0.39 is 0 Å². The third-order valence-electron chi connectivity index (χ3n) is 6.67. The van der Waals surface area contributed by atoms with Crippen LogP contribution in [0.2, 0.25) is 0 Å². The molecule has 0 radical (unpaired) electrons. The standard InChI is InChI=1S/C30H30N4O4S/c1-19-26(29(36)33-23-13-5-7-15-25(23)38-3)27(34-16-9-17-39-30(34)31-19)20-10-8-11-21(18-20)32-28(35)22-12-4-6-14-24(22)37-2/h4-8,10-15,18,27H,9,16-17H2,1-3H3,(H,32,35)(H,33,36). The van der Waals surface area contributed by atoms with Crippen molar-refractivity contribution in [1.82, 2.24) is 4.90 Å². The summed E-state index contributed by atoms with van der Waals surface area (Å²) in [5.41, 5.74) is 3.76. The van der Waals surface area contributed by atoms with Crippen LogP contribution in [0.4, 0.5) is 11.4 Å². The second kappa shape index (κ2) is 11.7. The van der Waals surface area contributed by atoms with E-state index in [2.05, 4.69) is 15.5 Å². The van der Waals surface area contributed by atoms with Gasteiger partial charge < -0.3 is 25.0 Å². The number of carbonyl (C=O) groups is 2. The number of thioether (sulfide) groups is 1. The highest BCUT2D eigenvalue weighted by Gasteiger charge is 2.37. The topological polar surface area (TPSA) is 92.3 Å². The Bertz CT molecular complexity index is 1470. The molecule has 5 rings (SSSR count). The molecule has 0 aromatic heterocycles. The Morgan fingerprint density at radius 2 is 1.67 bits per heavy atom. The number of nitrogens with zero attached hydrogens (tertiary/aromatic N) is 2. The van der Waals surface area contributed by atoms with Gasteiger partial charge in [-0.15, -0.1) is 0 Å². The first-order chi connectivity index (χ1) is 19.0. The maximum atomic E-state index is 13.8. The summed E-state index contributed by atoms with van der Waals surface area (Å²) in [6.07, 6.45) is 0.977. The molecule has 2 heterocycles. The van der Waals surface area contributed by atoms with Gasteiger partial charge in [0.05, 0.1) is 42.8 Å². The molecule has 3 aromatic rings. The molecule has 0 aliphatic carbocycles. The number of rotatable bonds is 7. The molecule has 1 atom stereocenters. The summed E-state index contributed by atoms with van der Waals surface area (Å²) < 4.78 is 10.8. The number of carbonyl (C=O) groups excluding carboxylic acids is 2. The molecular formula is C30H30N4O4S. The molecule has 2 amide bonds. The average molecular weight is 543 g/mol. The minimum Gasteiger partial charge on any atom is -0.496 e. The van der Waals surface area contributed by atoms with Gasteiger partial charge in [0, 0.05) is 18.0 Å². The van der Waals surface area contributed by atoms with Gasteiger partial charge in [-0.05, 0) is 55.3 Å². The zero-order chi connectivity index (χ0) is 27.4. The molecular weight excluding hydrogens is 512 g/mol. The van der Waals surface area contributed by atoms with E-state index >= 15 is 0 Å². The molecule has 0 saturated carbocycles. The van der Waals surface area contributed by atoms with Crippen LogP contribution in [0, 0.1) is 0 Å². The first-order valence-electron chi connectivity index (χ1n) is 12.7. The number of aliphatic imine (C=N–C) groups is 1. The van der Waals surface area contributed by atoms with Crippen molar-refractivity contribution >= 4 is 40.1 Å². The number of benzene rings is 3. The van der Waals surface area contributed by atoms with Gasteiger partial charge >= 0.3 is 0 Å². The van der Waals surface area contributed by atoms with E-state index in [4.69, 9.17) is 14.5 Å². The Hall–Kier alpha value is -4.24. The molecule has 200 valence electrons. The number of para-hydroxylation sites is 3. The number of amides is 2. The van der Waals surface area contributed by atoms with E-state index in [0.717, 1.165) is 29.4 Å². The largest absolute Gasteiger partial charge is 0.496 e. The van der Waals surface area contributed by atoms with Crippen molar-refractivity contribution in [2.45, 2.75) is 19.4 Å². The van der Waals surface area contributed by atoms with Crippen LogP contribution in [0.15, 0.2) is 89.1 Å². The zero-order valence-corrected chi connectivity index (χ0v) is 22.9. The lowest BCUT2D eigenvalue weighted by Gasteiger charge is -2.41. The van der Waals surface area contributed by atoms with Crippen molar-refractivity contribution in [2.24, 2.45) is 4.99 Å². The molecule has 1 unspecified atom stereocenters. The molecule has 8 nitrogen and oxygen atoms in total. The lowest BCUT2D eigenvalue weighted by Crippen LogP contribution is -2.43. The Labute approximate surface area is 232 Å². The first-order valence-corrected chi connectivity index (χ1v) is 13.7. The van der Waals surface area contributed by atoms with E-state index in [-0.39, 0.29) is 17.9 Å². The van der Waals surface area contributed by atoms with Crippen LogP contribution in [0.3, 0.4) is 0 Å². The second-order valence-corrected chi connectivity index (χ2v) is 10.2. The maximum absolute atomic E-state index is 13.8. The number of amidine groups is 1. The van der Waals surface area contributed by atoms with Gasteiger partial charge in [0.15, 0.2) is 5.17 Å². The summed E-state index contributed by atoms with van der Waals surface area (Å²) in [5.74, 6) is 1.54. The number of fused-ring (bicyclic) bond motifs is 1. The number of methoxy groups -OCH3 is 2. The Kier molecular flexibility index (Phi) is 7.88. The van der Waals surface area contributed by atoms with Crippen LogP contribution >= 0.6 is 11.8 Å². The summed E-state index contributed by atoms with van der Waals surface area (Å²) in [6.45, 7) is 2.64. The van der Waals surface area contributed by atoms with Crippen molar-refractivity contribution in [3.63, 3.8) is 0 Å². The Balaban J connectivity index is 1.49. The number of anilines is 2. The smallest absolute Gasteiger partial charge is 0.259 e. The fourth-order valence-electron chi connectivity index (χ4n) is 4.86. The van der Waals surface area contributed by atoms with Gasteiger partial charge in [0.2, 0.25) is 0 Å². The minimum atomic E-state index is -0.372. The van der Waals surface area contributed by atoms with Crippen molar-refractivity contribution < 1.29 is 19.1 Å². The van der Waals surface area contributed by atoms with Gasteiger partial charge in [-0.25, -0.2) is 4.99 Å². The predicted octanol–water partition coefficient (Wildman–Crippen LogP) is 5.72. The average Bonchev–Trinajstić information content (AvgIpc) is 2.96. The highest BCUT2D eigenvalue weighted by Crippen LogP contribution is 2.41. The van der Waals surface area contributed by atoms with E-state index in [1.54, 1.807) is 43.1 Å². The fourth-order valence-corrected chi connectivity index (χ4v) is 5.88. The predicted molar refractivity (Wildman–Crippen MR) is 156 cm³/mol. The maximum Gasteiger partial charge on any atom is 0.259 e. The third kappa shape index (κ3) is 5.49. The molecule has 0 spiro atoms. The van der Waals surface area contributed by atoms with Gasteiger partial charge in [0.1, 0.15) is 11.5 Å². The summed E-state index contributed by atoms with van der Waals surface area (Å²) in [7, 11) is 3.11. The van der Waals surface area contributed by atoms with E-state index in [0.29, 0.717) is 39.7 Å². The lowest BCUT2D eigenvalue weighted by molar-refractivity contribution is -0.113. The number of ether oxygens (including phenoxy) is 2. The Morgan fingerprint density at radius 3 is 2.46 bits per heavy atom. The van der Waals surface area contributed by atoms with Gasteiger partial charge in [-0.2, -0.15) is 0 Å². The molecule has 3 aromatic carbocycles.